The number of nitrogens with zero attached hydrogens (tertiary/aromatic N) is 1. The van der Waals surface area contributed by atoms with E-state index in [4.69, 9.17) is 0 Å². The smallest absolute Gasteiger partial charge is 0.243 e. The van der Waals surface area contributed by atoms with Gasteiger partial charge in [-0.3, -0.25) is 9.10 Å². The van der Waals surface area contributed by atoms with Crippen LogP contribution in [0.15, 0.2) is 18.2 Å². The van der Waals surface area contributed by atoms with Gasteiger partial charge in [0, 0.05) is 6.54 Å². The van der Waals surface area contributed by atoms with Crippen molar-refractivity contribution in [2.45, 2.75) is 53.5 Å². The maximum absolute atomic E-state index is 12.6. The van der Waals surface area contributed by atoms with Crippen molar-refractivity contribution in [1.29, 1.82) is 0 Å². The summed E-state index contributed by atoms with van der Waals surface area (Å²) in [6, 6.07) is 4.72. The molecule has 0 radical (unpaired) electrons. The Morgan fingerprint density at radius 3 is 2.29 bits per heavy atom. The molecule has 136 valence electrons. The Morgan fingerprint density at radius 1 is 1.21 bits per heavy atom. The van der Waals surface area contributed by atoms with Crippen LogP contribution in [0.3, 0.4) is 0 Å². The predicted molar refractivity (Wildman–Crippen MR) is 99.8 cm³/mol. The van der Waals surface area contributed by atoms with E-state index in [9.17, 15) is 13.2 Å². The molecule has 1 aromatic rings. The summed E-state index contributed by atoms with van der Waals surface area (Å²) in [7, 11) is -3.57. The Kier molecular flexibility index (Phi) is 7.27. The topological polar surface area (TPSA) is 66.5 Å². The highest BCUT2D eigenvalue weighted by molar-refractivity contribution is 7.92. The molecule has 1 atom stereocenters. The second kappa shape index (κ2) is 8.51. The lowest BCUT2D eigenvalue weighted by molar-refractivity contribution is -0.122. The SMILES string of the molecule is CC[C@@H](C(=O)NCCC(C)C)N(c1ccc(C)c(C)c1)S(C)(=O)=O. The molecular weight excluding hydrogens is 324 g/mol. The molecular formula is C18H30N2O3S. The molecule has 0 spiro atoms. The molecule has 0 aliphatic carbocycles. The summed E-state index contributed by atoms with van der Waals surface area (Å²) in [5, 5.41) is 2.87. The Labute approximate surface area is 146 Å². The Balaban J connectivity index is 3.13. The number of nitrogens with one attached hydrogen (secondary N) is 1. The first kappa shape index (κ1) is 20.5. The van der Waals surface area contributed by atoms with Crippen LogP contribution < -0.4 is 9.62 Å². The molecule has 1 rings (SSSR count). The number of hydrogen-bond donors (Lipinski definition) is 1. The number of sulfonamides is 1. The molecule has 1 amide bonds. The minimum atomic E-state index is -3.57. The van der Waals surface area contributed by atoms with Gasteiger partial charge in [-0.2, -0.15) is 0 Å². The van der Waals surface area contributed by atoms with E-state index in [2.05, 4.69) is 19.2 Å². The van der Waals surface area contributed by atoms with Crippen LogP contribution in [0.25, 0.3) is 0 Å². The molecule has 5 nitrogen and oxygen atoms in total. The minimum Gasteiger partial charge on any atom is -0.354 e. The van der Waals surface area contributed by atoms with Crippen molar-refractivity contribution in [3.05, 3.63) is 29.3 Å². The third-order valence-corrected chi connectivity index (χ3v) is 5.28. The van der Waals surface area contributed by atoms with Gasteiger partial charge in [-0.15, -0.1) is 0 Å². The third kappa shape index (κ3) is 5.51. The quantitative estimate of drug-likeness (QED) is 0.780. The Bertz CT molecular complexity index is 669. The number of amides is 1. The number of anilines is 1. The number of carbonyl (C=O) groups is 1. The number of aryl methyl sites for hydroxylation is 2. The van der Waals surface area contributed by atoms with Gasteiger partial charge < -0.3 is 5.32 Å². The van der Waals surface area contributed by atoms with Gasteiger partial charge in [-0.25, -0.2) is 8.42 Å². The molecule has 24 heavy (non-hydrogen) atoms. The monoisotopic (exact) mass is 354 g/mol. The summed E-state index contributed by atoms with van der Waals surface area (Å²) < 4.78 is 26.0. The fourth-order valence-corrected chi connectivity index (χ4v) is 3.73. The summed E-state index contributed by atoms with van der Waals surface area (Å²) >= 11 is 0. The van der Waals surface area contributed by atoms with Gasteiger partial charge in [-0.1, -0.05) is 26.8 Å². The highest BCUT2D eigenvalue weighted by Gasteiger charge is 2.31. The maximum atomic E-state index is 12.6. The van der Waals surface area contributed by atoms with E-state index >= 15 is 0 Å². The van der Waals surface area contributed by atoms with Crippen molar-refractivity contribution in [2.75, 3.05) is 17.1 Å². The van der Waals surface area contributed by atoms with Gasteiger partial charge in [0.15, 0.2) is 0 Å². The van der Waals surface area contributed by atoms with Crippen molar-refractivity contribution in [2.24, 2.45) is 5.92 Å². The minimum absolute atomic E-state index is 0.248. The van der Waals surface area contributed by atoms with Crippen LogP contribution in [0.4, 0.5) is 5.69 Å². The molecule has 6 heteroatoms. The first-order chi connectivity index (χ1) is 11.1. The molecule has 0 bridgehead atoms. The van der Waals surface area contributed by atoms with Gasteiger partial charge in [-0.05, 0) is 55.9 Å². The van der Waals surface area contributed by atoms with Crippen molar-refractivity contribution in [1.82, 2.24) is 5.32 Å². The molecule has 0 unspecified atom stereocenters. The summed E-state index contributed by atoms with van der Waals surface area (Å²) in [5.41, 5.74) is 2.62. The van der Waals surface area contributed by atoms with Crippen LogP contribution in [0.1, 0.15) is 44.7 Å². The van der Waals surface area contributed by atoms with Gasteiger partial charge in [0.2, 0.25) is 15.9 Å². The number of carbonyl (C=O) groups excluding carboxylic acids is 1. The van der Waals surface area contributed by atoms with Crippen LogP contribution >= 0.6 is 0 Å². The summed E-state index contributed by atoms with van der Waals surface area (Å²) in [6.45, 7) is 10.5. The molecule has 0 saturated heterocycles. The number of hydrogen-bond acceptors (Lipinski definition) is 3. The van der Waals surface area contributed by atoms with E-state index in [1.165, 1.54) is 4.31 Å². The maximum Gasteiger partial charge on any atom is 0.243 e. The van der Waals surface area contributed by atoms with Crippen LogP contribution in [0.2, 0.25) is 0 Å². The third-order valence-electron chi connectivity index (χ3n) is 4.10. The molecule has 1 N–H and O–H groups in total. The first-order valence-corrected chi connectivity index (χ1v) is 10.3. The van der Waals surface area contributed by atoms with Gasteiger partial charge in [0.1, 0.15) is 6.04 Å². The highest BCUT2D eigenvalue weighted by atomic mass is 32.2. The second-order valence-electron chi connectivity index (χ2n) is 6.72. The molecule has 0 aromatic heterocycles. The number of rotatable bonds is 8. The van der Waals surface area contributed by atoms with Crippen molar-refractivity contribution in [3.8, 4) is 0 Å². The highest BCUT2D eigenvalue weighted by Crippen LogP contribution is 2.25. The van der Waals surface area contributed by atoms with E-state index in [1.54, 1.807) is 6.07 Å². The van der Waals surface area contributed by atoms with E-state index < -0.39 is 16.1 Å². The zero-order valence-corrected chi connectivity index (χ0v) is 16.4. The predicted octanol–water partition coefficient (Wildman–Crippen LogP) is 3.01. The van der Waals surface area contributed by atoms with Crippen LogP contribution in [-0.2, 0) is 14.8 Å². The van der Waals surface area contributed by atoms with Crippen molar-refractivity contribution in [3.63, 3.8) is 0 Å². The van der Waals surface area contributed by atoms with E-state index in [0.717, 1.165) is 23.8 Å². The van der Waals surface area contributed by atoms with Gasteiger partial charge in [0.25, 0.3) is 0 Å². The van der Waals surface area contributed by atoms with E-state index in [1.807, 2.05) is 32.9 Å². The summed E-state index contributed by atoms with van der Waals surface area (Å²) in [6.07, 6.45) is 2.42. The van der Waals surface area contributed by atoms with Crippen LogP contribution in [-0.4, -0.2) is 33.2 Å². The lowest BCUT2D eigenvalue weighted by atomic mass is 10.1. The van der Waals surface area contributed by atoms with E-state index in [-0.39, 0.29) is 5.91 Å². The van der Waals surface area contributed by atoms with Crippen molar-refractivity contribution < 1.29 is 13.2 Å². The fraction of sp³-hybridized carbons (Fsp3) is 0.611. The lowest BCUT2D eigenvalue weighted by Gasteiger charge is -2.30. The fourth-order valence-electron chi connectivity index (χ4n) is 2.52. The zero-order valence-electron chi connectivity index (χ0n) is 15.6. The summed E-state index contributed by atoms with van der Waals surface area (Å²) in [5.74, 6) is 0.234. The van der Waals surface area contributed by atoms with Crippen LogP contribution in [0, 0.1) is 19.8 Å². The molecule has 1 aromatic carbocycles. The molecule has 0 aliphatic rings. The normalized spacial score (nSPS) is 13.0. The Hall–Kier alpha value is -1.56. The second-order valence-corrected chi connectivity index (χ2v) is 8.58. The molecule has 0 fully saturated rings. The lowest BCUT2D eigenvalue weighted by Crippen LogP contribution is -2.49. The van der Waals surface area contributed by atoms with Gasteiger partial charge >= 0.3 is 0 Å². The van der Waals surface area contributed by atoms with E-state index in [0.29, 0.717) is 24.6 Å². The Morgan fingerprint density at radius 2 is 1.83 bits per heavy atom. The molecule has 0 saturated carbocycles. The standard InChI is InChI=1S/C18H30N2O3S/c1-7-17(18(21)19-11-10-13(2)3)20(24(6,22)23)16-9-8-14(4)15(5)12-16/h8-9,12-13,17H,7,10-11H2,1-6H3,(H,19,21)/t17-/m0/s1. The van der Waals surface area contributed by atoms with Crippen molar-refractivity contribution >= 4 is 21.6 Å². The first-order valence-electron chi connectivity index (χ1n) is 8.42. The molecule has 0 aliphatic heterocycles. The summed E-state index contributed by atoms with van der Waals surface area (Å²) in [4.78, 5) is 12.6. The average molecular weight is 355 g/mol. The largest absolute Gasteiger partial charge is 0.354 e. The number of benzene rings is 1. The zero-order chi connectivity index (χ0) is 18.5. The van der Waals surface area contributed by atoms with Crippen LogP contribution in [0.5, 0.6) is 0 Å². The molecule has 0 heterocycles. The van der Waals surface area contributed by atoms with Gasteiger partial charge in [0.05, 0.1) is 11.9 Å². The average Bonchev–Trinajstić information content (AvgIpc) is 2.45.